The standard InChI is InChI=1S/C14H13FN4/c1-19(9-10-3-2-4-11(15)7-10)14-6-5-12(17)13(8-16)18-14/h2-7H,9,17H2,1H3. The highest BCUT2D eigenvalue weighted by molar-refractivity contribution is 5.55. The second-order valence-corrected chi connectivity index (χ2v) is 4.21. The molecule has 0 bridgehead atoms. The van der Waals surface area contributed by atoms with Crippen molar-refractivity contribution in [2.24, 2.45) is 0 Å². The number of halogens is 1. The summed E-state index contributed by atoms with van der Waals surface area (Å²) in [4.78, 5) is 5.98. The first kappa shape index (κ1) is 12.8. The van der Waals surface area contributed by atoms with E-state index in [0.29, 0.717) is 18.1 Å². The summed E-state index contributed by atoms with van der Waals surface area (Å²) in [6, 6.07) is 11.7. The van der Waals surface area contributed by atoms with Crippen LogP contribution >= 0.6 is 0 Å². The highest BCUT2D eigenvalue weighted by atomic mass is 19.1. The van der Waals surface area contributed by atoms with Crippen LogP contribution < -0.4 is 10.6 Å². The number of benzene rings is 1. The highest BCUT2D eigenvalue weighted by Crippen LogP contribution is 2.17. The average molecular weight is 256 g/mol. The molecule has 0 aliphatic heterocycles. The number of nitrogen functional groups attached to an aromatic ring is 1. The predicted octanol–water partition coefficient (Wildman–Crippen LogP) is 2.31. The van der Waals surface area contributed by atoms with Gasteiger partial charge in [-0.2, -0.15) is 5.26 Å². The molecule has 5 heteroatoms. The minimum atomic E-state index is -0.270. The zero-order valence-electron chi connectivity index (χ0n) is 10.5. The van der Waals surface area contributed by atoms with Crippen LogP contribution in [0.2, 0.25) is 0 Å². The molecule has 2 aromatic rings. The Balaban J connectivity index is 2.21. The van der Waals surface area contributed by atoms with Gasteiger partial charge in [0, 0.05) is 13.6 Å². The van der Waals surface area contributed by atoms with E-state index in [1.165, 1.54) is 12.1 Å². The summed E-state index contributed by atoms with van der Waals surface area (Å²) >= 11 is 0. The number of anilines is 2. The van der Waals surface area contributed by atoms with Crippen molar-refractivity contribution in [1.82, 2.24) is 4.98 Å². The van der Waals surface area contributed by atoms with E-state index in [2.05, 4.69) is 4.98 Å². The van der Waals surface area contributed by atoms with Crippen LogP contribution in [0.4, 0.5) is 15.9 Å². The number of aromatic nitrogens is 1. The van der Waals surface area contributed by atoms with Gasteiger partial charge in [0.05, 0.1) is 5.69 Å². The highest BCUT2D eigenvalue weighted by Gasteiger charge is 2.07. The van der Waals surface area contributed by atoms with Gasteiger partial charge in [-0.25, -0.2) is 9.37 Å². The van der Waals surface area contributed by atoms with Crippen LogP contribution in [-0.4, -0.2) is 12.0 Å². The van der Waals surface area contributed by atoms with Gasteiger partial charge in [-0.3, -0.25) is 0 Å². The Morgan fingerprint density at radius 3 is 2.84 bits per heavy atom. The predicted molar refractivity (Wildman–Crippen MR) is 71.9 cm³/mol. The number of hydrogen-bond donors (Lipinski definition) is 1. The van der Waals surface area contributed by atoms with Crippen molar-refractivity contribution in [3.63, 3.8) is 0 Å². The molecule has 0 aliphatic carbocycles. The minimum absolute atomic E-state index is 0.198. The van der Waals surface area contributed by atoms with Gasteiger partial charge in [0.15, 0.2) is 5.69 Å². The summed E-state index contributed by atoms with van der Waals surface area (Å²) in [5.74, 6) is 0.351. The summed E-state index contributed by atoms with van der Waals surface area (Å²) in [5, 5.41) is 8.89. The van der Waals surface area contributed by atoms with E-state index in [9.17, 15) is 4.39 Å². The van der Waals surface area contributed by atoms with Gasteiger partial charge in [-0.05, 0) is 29.8 Å². The molecule has 0 fully saturated rings. The molecule has 4 nitrogen and oxygen atoms in total. The van der Waals surface area contributed by atoms with E-state index in [4.69, 9.17) is 11.0 Å². The second-order valence-electron chi connectivity index (χ2n) is 4.21. The number of pyridine rings is 1. The Hall–Kier alpha value is -2.61. The van der Waals surface area contributed by atoms with Crippen molar-refractivity contribution >= 4 is 11.5 Å². The molecular formula is C14H13FN4. The molecule has 0 spiro atoms. The molecule has 0 unspecified atom stereocenters. The molecule has 0 saturated heterocycles. The molecule has 0 radical (unpaired) electrons. The third kappa shape index (κ3) is 2.99. The van der Waals surface area contributed by atoms with Crippen molar-refractivity contribution in [2.75, 3.05) is 17.7 Å². The molecule has 2 rings (SSSR count). The molecular weight excluding hydrogens is 243 g/mol. The number of nitrogens with zero attached hydrogens (tertiary/aromatic N) is 3. The fraction of sp³-hybridized carbons (Fsp3) is 0.143. The van der Waals surface area contributed by atoms with Gasteiger partial charge in [-0.1, -0.05) is 12.1 Å². The lowest BCUT2D eigenvalue weighted by Gasteiger charge is -2.18. The van der Waals surface area contributed by atoms with Crippen LogP contribution in [0.5, 0.6) is 0 Å². The minimum Gasteiger partial charge on any atom is -0.396 e. The third-order valence-electron chi connectivity index (χ3n) is 2.72. The van der Waals surface area contributed by atoms with Crippen molar-refractivity contribution in [2.45, 2.75) is 6.54 Å². The van der Waals surface area contributed by atoms with Crippen molar-refractivity contribution < 1.29 is 4.39 Å². The van der Waals surface area contributed by atoms with Gasteiger partial charge in [-0.15, -0.1) is 0 Å². The lowest BCUT2D eigenvalue weighted by atomic mass is 10.2. The fourth-order valence-corrected chi connectivity index (χ4v) is 1.75. The van der Waals surface area contributed by atoms with Crippen LogP contribution in [0, 0.1) is 17.1 Å². The molecule has 0 atom stereocenters. The van der Waals surface area contributed by atoms with Gasteiger partial charge in [0.25, 0.3) is 0 Å². The maximum Gasteiger partial charge on any atom is 0.165 e. The SMILES string of the molecule is CN(Cc1cccc(F)c1)c1ccc(N)c(C#N)n1. The van der Waals surface area contributed by atoms with Crippen LogP contribution in [0.1, 0.15) is 11.3 Å². The topological polar surface area (TPSA) is 65.9 Å². The largest absolute Gasteiger partial charge is 0.396 e. The molecule has 0 aliphatic rings. The van der Waals surface area contributed by atoms with E-state index in [-0.39, 0.29) is 11.5 Å². The molecule has 0 saturated carbocycles. The van der Waals surface area contributed by atoms with Crippen LogP contribution in [0.3, 0.4) is 0 Å². The first-order valence-electron chi connectivity index (χ1n) is 5.72. The molecule has 0 amide bonds. The van der Waals surface area contributed by atoms with E-state index in [0.717, 1.165) is 5.56 Å². The Morgan fingerprint density at radius 2 is 2.16 bits per heavy atom. The summed E-state index contributed by atoms with van der Waals surface area (Å²) < 4.78 is 13.1. The smallest absolute Gasteiger partial charge is 0.165 e. The van der Waals surface area contributed by atoms with Gasteiger partial charge in [0.2, 0.25) is 0 Å². The van der Waals surface area contributed by atoms with E-state index in [1.54, 1.807) is 18.2 Å². The Labute approximate surface area is 110 Å². The number of rotatable bonds is 3. The number of nitriles is 1. The zero-order valence-corrected chi connectivity index (χ0v) is 10.5. The average Bonchev–Trinajstić information content (AvgIpc) is 2.39. The lowest BCUT2D eigenvalue weighted by molar-refractivity contribution is 0.625. The number of nitrogens with two attached hydrogens (primary N) is 1. The molecule has 19 heavy (non-hydrogen) atoms. The number of hydrogen-bond acceptors (Lipinski definition) is 4. The summed E-state index contributed by atoms with van der Waals surface area (Å²) in [6.45, 7) is 0.500. The molecule has 1 aromatic heterocycles. The van der Waals surface area contributed by atoms with Gasteiger partial charge in [0.1, 0.15) is 17.7 Å². The quantitative estimate of drug-likeness (QED) is 0.915. The Kier molecular flexibility index (Phi) is 3.62. The summed E-state index contributed by atoms with van der Waals surface area (Å²) in [7, 11) is 1.82. The first-order chi connectivity index (χ1) is 9.10. The molecule has 1 heterocycles. The van der Waals surface area contributed by atoms with Crippen molar-refractivity contribution in [3.8, 4) is 6.07 Å². The Bertz CT molecular complexity index is 634. The third-order valence-corrected chi connectivity index (χ3v) is 2.72. The summed E-state index contributed by atoms with van der Waals surface area (Å²) in [6.07, 6.45) is 0. The molecule has 96 valence electrons. The maximum atomic E-state index is 13.1. The van der Waals surface area contributed by atoms with Crippen molar-refractivity contribution in [3.05, 3.63) is 53.5 Å². The second kappa shape index (κ2) is 5.36. The summed E-state index contributed by atoms with van der Waals surface area (Å²) in [5.41, 5.74) is 7.00. The lowest BCUT2D eigenvalue weighted by Crippen LogP contribution is -2.18. The Morgan fingerprint density at radius 1 is 1.37 bits per heavy atom. The van der Waals surface area contributed by atoms with Crippen LogP contribution in [0.25, 0.3) is 0 Å². The maximum absolute atomic E-state index is 13.1. The van der Waals surface area contributed by atoms with Crippen LogP contribution in [-0.2, 0) is 6.54 Å². The van der Waals surface area contributed by atoms with E-state index in [1.807, 2.05) is 24.1 Å². The fourth-order valence-electron chi connectivity index (χ4n) is 1.75. The van der Waals surface area contributed by atoms with E-state index < -0.39 is 0 Å². The molecule has 1 aromatic carbocycles. The zero-order chi connectivity index (χ0) is 13.8. The van der Waals surface area contributed by atoms with Gasteiger partial charge < -0.3 is 10.6 Å². The van der Waals surface area contributed by atoms with Gasteiger partial charge >= 0.3 is 0 Å². The molecule has 2 N–H and O–H groups in total. The first-order valence-corrected chi connectivity index (χ1v) is 5.72. The van der Waals surface area contributed by atoms with Crippen molar-refractivity contribution in [1.29, 1.82) is 5.26 Å². The monoisotopic (exact) mass is 256 g/mol. The van der Waals surface area contributed by atoms with E-state index >= 15 is 0 Å². The van der Waals surface area contributed by atoms with Crippen LogP contribution in [0.15, 0.2) is 36.4 Å². The normalized spacial score (nSPS) is 9.95.